The van der Waals surface area contributed by atoms with Gasteiger partial charge in [0.1, 0.15) is 12.2 Å². The van der Waals surface area contributed by atoms with Crippen LogP contribution in [0.2, 0.25) is 0 Å². The lowest BCUT2D eigenvalue weighted by atomic mass is 10.3. The van der Waals surface area contributed by atoms with Crippen LogP contribution in [0.25, 0.3) is 11.5 Å². The summed E-state index contributed by atoms with van der Waals surface area (Å²) in [6.45, 7) is -0.363. The quantitative estimate of drug-likeness (QED) is 0.680. The van der Waals surface area contributed by atoms with Crippen molar-refractivity contribution < 1.29 is 23.6 Å². The smallest absolute Gasteiger partial charge is 0.442 e. The maximum Gasteiger partial charge on any atom is 0.442 e. The summed E-state index contributed by atoms with van der Waals surface area (Å²) in [7, 11) is 0. The van der Waals surface area contributed by atoms with Gasteiger partial charge in [0.15, 0.2) is 11.5 Å². The molecule has 1 aliphatic rings. The lowest BCUT2D eigenvalue weighted by Gasteiger charge is -2.08. The average molecular weight is 383 g/mol. The number of anilines is 1. The largest absolute Gasteiger partial charge is 0.454 e. The number of nitrogens with one attached hydrogen (secondary N) is 2. The van der Waals surface area contributed by atoms with E-state index in [1.165, 1.54) is 6.20 Å². The zero-order valence-corrected chi connectivity index (χ0v) is 14.2. The summed E-state index contributed by atoms with van der Waals surface area (Å²) in [6, 6.07) is 9.03. The fourth-order valence-corrected chi connectivity index (χ4v) is 2.53. The van der Waals surface area contributed by atoms with E-state index >= 15 is 0 Å². The van der Waals surface area contributed by atoms with Gasteiger partial charge in [0.05, 0.1) is 0 Å². The summed E-state index contributed by atoms with van der Waals surface area (Å²) in [5, 5.41) is 8.25. The highest BCUT2D eigenvalue weighted by atomic mass is 16.7. The SMILES string of the molecule is O=C(Cn1c(-c2ccccn2)noc1=O)NC(=O)Nc1ccc2c(c1)OCO2. The van der Waals surface area contributed by atoms with E-state index in [1.54, 1.807) is 36.4 Å². The van der Waals surface area contributed by atoms with E-state index in [2.05, 4.69) is 25.3 Å². The van der Waals surface area contributed by atoms with Crippen molar-refractivity contribution in [3.8, 4) is 23.0 Å². The van der Waals surface area contributed by atoms with Crippen LogP contribution in [0.15, 0.2) is 51.9 Å². The molecule has 0 atom stereocenters. The first-order valence-electron chi connectivity index (χ1n) is 8.08. The normalized spacial score (nSPS) is 11.9. The van der Waals surface area contributed by atoms with Crippen molar-refractivity contribution in [2.75, 3.05) is 12.1 Å². The second-order valence-electron chi connectivity index (χ2n) is 5.64. The summed E-state index contributed by atoms with van der Waals surface area (Å²) in [5.74, 6) is -0.444. The van der Waals surface area contributed by atoms with Crippen molar-refractivity contribution in [3.05, 3.63) is 53.1 Å². The molecule has 3 aromatic rings. The molecule has 0 saturated carbocycles. The predicted molar refractivity (Wildman–Crippen MR) is 93.7 cm³/mol. The van der Waals surface area contributed by atoms with E-state index in [9.17, 15) is 14.4 Å². The third kappa shape index (κ3) is 3.53. The van der Waals surface area contributed by atoms with Gasteiger partial charge in [-0.25, -0.2) is 14.2 Å². The number of amides is 3. The fourth-order valence-electron chi connectivity index (χ4n) is 2.53. The Hall–Kier alpha value is -4.15. The number of hydrogen-bond acceptors (Lipinski definition) is 8. The van der Waals surface area contributed by atoms with Gasteiger partial charge in [0, 0.05) is 18.0 Å². The molecule has 2 aromatic heterocycles. The summed E-state index contributed by atoms with van der Waals surface area (Å²) in [5.41, 5.74) is 0.761. The number of fused-ring (bicyclic) bond motifs is 1. The van der Waals surface area contributed by atoms with Gasteiger partial charge in [-0.3, -0.25) is 19.6 Å². The molecule has 0 unspecified atom stereocenters. The number of carbonyl (C=O) groups is 2. The molecule has 0 spiro atoms. The molecule has 0 bridgehead atoms. The first kappa shape index (κ1) is 17.3. The average Bonchev–Trinajstić information content (AvgIpc) is 3.29. The Morgan fingerprint density at radius 3 is 2.82 bits per heavy atom. The second-order valence-corrected chi connectivity index (χ2v) is 5.64. The lowest BCUT2D eigenvalue weighted by Crippen LogP contribution is -2.38. The van der Waals surface area contributed by atoms with Crippen LogP contribution in [0.5, 0.6) is 11.5 Å². The molecule has 0 radical (unpaired) electrons. The predicted octanol–water partition coefficient (Wildman–Crippen LogP) is 0.975. The molecule has 0 saturated heterocycles. The van der Waals surface area contributed by atoms with E-state index in [4.69, 9.17) is 9.47 Å². The van der Waals surface area contributed by atoms with Crippen molar-refractivity contribution in [2.45, 2.75) is 6.54 Å². The number of ether oxygens (including phenoxy) is 2. The molecule has 4 rings (SSSR count). The van der Waals surface area contributed by atoms with E-state index in [0.717, 1.165) is 4.57 Å². The number of carbonyl (C=O) groups excluding carboxylic acids is 2. The van der Waals surface area contributed by atoms with Crippen LogP contribution >= 0.6 is 0 Å². The maximum absolute atomic E-state index is 12.2. The highest BCUT2D eigenvalue weighted by Crippen LogP contribution is 2.34. The molecule has 28 heavy (non-hydrogen) atoms. The van der Waals surface area contributed by atoms with Gasteiger partial charge in [-0.15, -0.1) is 0 Å². The zero-order chi connectivity index (χ0) is 19.5. The van der Waals surface area contributed by atoms with Crippen LogP contribution in [-0.4, -0.2) is 33.4 Å². The minimum Gasteiger partial charge on any atom is -0.454 e. The highest BCUT2D eigenvalue weighted by Gasteiger charge is 2.19. The van der Waals surface area contributed by atoms with Gasteiger partial charge in [-0.1, -0.05) is 11.2 Å². The molecule has 1 aliphatic heterocycles. The van der Waals surface area contributed by atoms with Crippen LogP contribution in [0, 0.1) is 0 Å². The van der Waals surface area contributed by atoms with Crippen molar-refractivity contribution in [1.29, 1.82) is 0 Å². The molecule has 0 fully saturated rings. The maximum atomic E-state index is 12.2. The summed E-state index contributed by atoms with van der Waals surface area (Å²) in [6.07, 6.45) is 1.51. The van der Waals surface area contributed by atoms with E-state index in [1.807, 2.05) is 0 Å². The Labute approximate surface area is 156 Å². The third-order valence-corrected chi connectivity index (χ3v) is 3.77. The number of hydrogen-bond donors (Lipinski definition) is 2. The van der Waals surface area contributed by atoms with Crippen molar-refractivity contribution in [2.24, 2.45) is 0 Å². The Kier molecular flexibility index (Phi) is 4.46. The molecule has 3 heterocycles. The van der Waals surface area contributed by atoms with E-state index < -0.39 is 24.2 Å². The first-order chi connectivity index (χ1) is 13.6. The number of pyridine rings is 1. The second kappa shape index (κ2) is 7.23. The summed E-state index contributed by atoms with van der Waals surface area (Å²) >= 11 is 0. The van der Waals surface area contributed by atoms with Crippen LogP contribution in [0.4, 0.5) is 10.5 Å². The molecular weight excluding hydrogens is 370 g/mol. The number of rotatable bonds is 4. The van der Waals surface area contributed by atoms with Crippen LogP contribution in [0.1, 0.15) is 0 Å². The third-order valence-electron chi connectivity index (χ3n) is 3.77. The lowest BCUT2D eigenvalue weighted by molar-refractivity contribution is -0.120. The Balaban J connectivity index is 1.42. The molecule has 3 amide bonds. The van der Waals surface area contributed by atoms with Crippen LogP contribution in [0.3, 0.4) is 0 Å². The number of benzene rings is 1. The van der Waals surface area contributed by atoms with Gasteiger partial charge in [0.25, 0.3) is 0 Å². The standard InChI is InChI=1S/C17H13N5O6/c23-14(8-22-15(21-28-17(22)25)11-3-1-2-6-18-11)20-16(24)19-10-4-5-12-13(7-10)27-9-26-12/h1-7H,8-9H2,(H2,19,20,23,24). The monoisotopic (exact) mass is 383 g/mol. The Bertz CT molecular complexity index is 1090. The molecule has 2 N–H and O–H groups in total. The number of nitrogens with zero attached hydrogens (tertiary/aromatic N) is 3. The molecule has 11 heteroatoms. The highest BCUT2D eigenvalue weighted by molar-refractivity contribution is 6.01. The van der Waals surface area contributed by atoms with Crippen molar-refractivity contribution in [1.82, 2.24) is 20.0 Å². The first-order valence-corrected chi connectivity index (χ1v) is 8.08. The summed E-state index contributed by atoms with van der Waals surface area (Å²) in [4.78, 5) is 40.1. The zero-order valence-electron chi connectivity index (χ0n) is 14.2. The summed E-state index contributed by atoms with van der Waals surface area (Å²) < 4.78 is 16.0. The van der Waals surface area contributed by atoms with Crippen molar-refractivity contribution >= 4 is 17.6 Å². The molecule has 1 aromatic carbocycles. The number of aromatic nitrogens is 3. The van der Waals surface area contributed by atoms with Crippen molar-refractivity contribution in [3.63, 3.8) is 0 Å². The fraction of sp³-hybridized carbons (Fsp3) is 0.118. The molecule has 0 aliphatic carbocycles. The van der Waals surface area contributed by atoms with Gasteiger partial charge in [0.2, 0.25) is 18.5 Å². The molecular formula is C17H13N5O6. The minimum absolute atomic E-state index is 0.0805. The number of imide groups is 1. The van der Waals surface area contributed by atoms with Crippen LogP contribution < -0.4 is 25.9 Å². The molecule has 11 nitrogen and oxygen atoms in total. The van der Waals surface area contributed by atoms with E-state index in [0.29, 0.717) is 22.9 Å². The Morgan fingerprint density at radius 1 is 1.14 bits per heavy atom. The number of urea groups is 1. The van der Waals surface area contributed by atoms with E-state index in [-0.39, 0.29) is 12.6 Å². The Morgan fingerprint density at radius 2 is 2.00 bits per heavy atom. The van der Waals surface area contributed by atoms with Gasteiger partial charge >= 0.3 is 11.8 Å². The minimum atomic E-state index is -0.841. The van der Waals surface area contributed by atoms with Gasteiger partial charge in [-0.05, 0) is 24.3 Å². The molecule has 142 valence electrons. The topological polar surface area (TPSA) is 138 Å². The van der Waals surface area contributed by atoms with Crippen LogP contribution in [-0.2, 0) is 11.3 Å². The van der Waals surface area contributed by atoms with Gasteiger partial charge in [-0.2, -0.15) is 0 Å². The van der Waals surface area contributed by atoms with Gasteiger partial charge < -0.3 is 14.8 Å².